The van der Waals surface area contributed by atoms with Crippen molar-refractivity contribution < 1.29 is 14.7 Å². The van der Waals surface area contributed by atoms with Gasteiger partial charge in [-0.15, -0.1) is 0 Å². The van der Waals surface area contributed by atoms with E-state index in [0.717, 1.165) is 16.7 Å². The van der Waals surface area contributed by atoms with Crippen molar-refractivity contribution in [2.24, 2.45) is 0 Å². The first-order valence-corrected chi connectivity index (χ1v) is 6.32. The van der Waals surface area contributed by atoms with Crippen molar-refractivity contribution in [3.8, 4) is 0 Å². The van der Waals surface area contributed by atoms with Crippen LogP contribution in [0.15, 0.2) is 48.5 Å². The number of nitrogens with zero attached hydrogens (tertiary/aromatic N) is 1. The highest BCUT2D eigenvalue weighted by atomic mass is 16.4. The largest absolute Gasteiger partial charge is 0.545 e. The van der Waals surface area contributed by atoms with Crippen LogP contribution < -0.4 is 5.11 Å². The molecule has 0 N–H and O–H groups in total. The summed E-state index contributed by atoms with van der Waals surface area (Å²) in [6, 6.07) is 14.0. The first kappa shape index (κ1) is 12.4. The van der Waals surface area contributed by atoms with E-state index in [1.807, 2.05) is 24.3 Å². The van der Waals surface area contributed by atoms with E-state index in [-0.39, 0.29) is 11.5 Å². The molecule has 4 heteroatoms. The second kappa shape index (κ2) is 4.81. The predicted octanol–water partition coefficient (Wildman–Crippen LogP) is 1.21. The summed E-state index contributed by atoms with van der Waals surface area (Å²) in [4.78, 5) is 24.6. The molecule has 0 saturated heterocycles. The molecule has 0 aromatic heterocycles. The van der Waals surface area contributed by atoms with Crippen LogP contribution in [0, 0.1) is 0 Å². The molecule has 100 valence electrons. The molecule has 0 spiro atoms. The molecule has 2 aromatic rings. The van der Waals surface area contributed by atoms with Gasteiger partial charge >= 0.3 is 0 Å². The lowest BCUT2D eigenvalue weighted by Gasteiger charge is -2.16. The molecule has 1 aliphatic rings. The first-order chi connectivity index (χ1) is 9.65. The number of aromatic carboxylic acids is 1. The minimum Gasteiger partial charge on any atom is -0.545 e. The summed E-state index contributed by atoms with van der Waals surface area (Å²) in [7, 11) is 0. The lowest BCUT2D eigenvalue weighted by atomic mass is 10.1. The van der Waals surface area contributed by atoms with Crippen LogP contribution in [0.2, 0.25) is 0 Å². The van der Waals surface area contributed by atoms with Gasteiger partial charge in [0.15, 0.2) is 0 Å². The summed E-state index contributed by atoms with van der Waals surface area (Å²) < 4.78 is 0. The minimum absolute atomic E-state index is 0.0181. The minimum atomic E-state index is -1.19. The molecule has 0 atom stereocenters. The number of fused-ring (bicyclic) bond motifs is 1. The van der Waals surface area contributed by atoms with E-state index < -0.39 is 5.97 Å². The zero-order valence-electron chi connectivity index (χ0n) is 10.7. The molecule has 0 bridgehead atoms. The average molecular weight is 266 g/mol. The van der Waals surface area contributed by atoms with E-state index >= 15 is 0 Å². The first-order valence-electron chi connectivity index (χ1n) is 6.32. The molecule has 0 saturated carbocycles. The standard InChI is InChI=1S/C16H13NO3/c18-15-14-4-2-1-3-13(14)10-17(15)9-11-5-7-12(8-6-11)16(19)20/h1-8H,9-10H2,(H,19,20)/p-1. The Morgan fingerprint density at radius 2 is 1.80 bits per heavy atom. The summed E-state index contributed by atoms with van der Waals surface area (Å²) in [6.45, 7) is 1.07. The van der Waals surface area contributed by atoms with Crippen LogP contribution in [0.25, 0.3) is 0 Å². The molecule has 4 nitrogen and oxygen atoms in total. The Morgan fingerprint density at radius 1 is 1.10 bits per heavy atom. The molecular weight excluding hydrogens is 254 g/mol. The number of hydrogen-bond acceptors (Lipinski definition) is 3. The molecule has 3 rings (SSSR count). The number of carboxylic acids is 1. The van der Waals surface area contributed by atoms with Crippen molar-refractivity contribution in [1.82, 2.24) is 4.90 Å². The van der Waals surface area contributed by atoms with Gasteiger partial charge in [0, 0.05) is 18.7 Å². The highest BCUT2D eigenvalue weighted by Crippen LogP contribution is 2.24. The Hall–Kier alpha value is -2.62. The molecule has 0 fully saturated rings. The maximum atomic E-state index is 12.2. The average Bonchev–Trinajstić information content (AvgIpc) is 2.77. The second-order valence-corrected chi connectivity index (χ2v) is 4.80. The topological polar surface area (TPSA) is 60.4 Å². The molecule has 1 amide bonds. The zero-order valence-corrected chi connectivity index (χ0v) is 10.7. The van der Waals surface area contributed by atoms with Gasteiger partial charge in [0.05, 0.1) is 5.97 Å². The van der Waals surface area contributed by atoms with E-state index in [4.69, 9.17) is 0 Å². The lowest BCUT2D eigenvalue weighted by Crippen LogP contribution is -2.24. The van der Waals surface area contributed by atoms with E-state index in [0.29, 0.717) is 13.1 Å². The van der Waals surface area contributed by atoms with Crippen molar-refractivity contribution in [3.05, 3.63) is 70.8 Å². The Morgan fingerprint density at radius 3 is 2.45 bits per heavy atom. The van der Waals surface area contributed by atoms with Crippen LogP contribution in [-0.4, -0.2) is 16.8 Å². The summed E-state index contributed by atoms with van der Waals surface area (Å²) in [6.07, 6.45) is 0. The third-order valence-electron chi connectivity index (χ3n) is 3.46. The maximum Gasteiger partial charge on any atom is 0.254 e. The predicted molar refractivity (Wildman–Crippen MR) is 70.8 cm³/mol. The number of hydrogen-bond donors (Lipinski definition) is 0. The Labute approximate surface area is 116 Å². The number of carbonyl (C=O) groups is 2. The molecule has 1 aliphatic heterocycles. The molecular formula is C16H12NO3-. The number of carbonyl (C=O) groups excluding carboxylic acids is 2. The number of carboxylic acid groups (broad SMARTS) is 1. The van der Waals surface area contributed by atoms with E-state index in [1.165, 1.54) is 12.1 Å². The maximum absolute atomic E-state index is 12.2. The van der Waals surface area contributed by atoms with Gasteiger partial charge in [-0.1, -0.05) is 42.5 Å². The van der Waals surface area contributed by atoms with Crippen LogP contribution in [0.3, 0.4) is 0 Å². The fourth-order valence-corrected chi connectivity index (χ4v) is 2.41. The fraction of sp³-hybridized carbons (Fsp3) is 0.125. The highest BCUT2D eigenvalue weighted by Gasteiger charge is 2.26. The van der Waals surface area contributed by atoms with Crippen LogP contribution in [-0.2, 0) is 13.1 Å². The van der Waals surface area contributed by atoms with E-state index in [2.05, 4.69) is 0 Å². The van der Waals surface area contributed by atoms with Crippen LogP contribution >= 0.6 is 0 Å². The van der Waals surface area contributed by atoms with Gasteiger partial charge in [-0.05, 0) is 22.8 Å². The zero-order chi connectivity index (χ0) is 14.1. The fourth-order valence-electron chi connectivity index (χ4n) is 2.41. The summed E-state index contributed by atoms with van der Waals surface area (Å²) in [5.74, 6) is -1.18. The van der Waals surface area contributed by atoms with Crippen LogP contribution in [0.4, 0.5) is 0 Å². The smallest absolute Gasteiger partial charge is 0.254 e. The normalized spacial score (nSPS) is 13.4. The van der Waals surface area contributed by atoms with E-state index in [1.54, 1.807) is 17.0 Å². The van der Waals surface area contributed by atoms with Gasteiger partial charge < -0.3 is 14.8 Å². The van der Waals surface area contributed by atoms with Gasteiger partial charge in [0.1, 0.15) is 0 Å². The van der Waals surface area contributed by atoms with E-state index in [9.17, 15) is 14.7 Å². The molecule has 1 heterocycles. The summed E-state index contributed by atoms with van der Waals surface area (Å²) in [5, 5.41) is 10.7. The third kappa shape index (κ3) is 2.16. The van der Waals surface area contributed by atoms with Gasteiger partial charge in [0.2, 0.25) is 0 Å². The molecule has 2 aromatic carbocycles. The summed E-state index contributed by atoms with van der Waals surface area (Å²) in [5.41, 5.74) is 2.82. The Kier molecular flexibility index (Phi) is 2.99. The van der Waals surface area contributed by atoms with Crippen molar-refractivity contribution in [3.63, 3.8) is 0 Å². The summed E-state index contributed by atoms with van der Waals surface area (Å²) >= 11 is 0. The molecule has 0 radical (unpaired) electrons. The van der Waals surface area contributed by atoms with Crippen molar-refractivity contribution in [2.75, 3.05) is 0 Å². The Bertz CT molecular complexity index is 676. The quantitative estimate of drug-likeness (QED) is 0.838. The van der Waals surface area contributed by atoms with Crippen molar-refractivity contribution in [1.29, 1.82) is 0 Å². The van der Waals surface area contributed by atoms with Gasteiger partial charge in [0.25, 0.3) is 5.91 Å². The molecule has 0 aliphatic carbocycles. The highest BCUT2D eigenvalue weighted by molar-refractivity contribution is 5.98. The number of amides is 1. The second-order valence-electron chi connectivity index (χ2n) is 4.80. The molecule has 0 unspecified atom stereocenters. The molecule has 20 heavy (non-hydrogen) atoms. The van der Waals surface area contributed by atoms with Crippen LogP contribution in [0.5, 0.6) is 0 Å². The number of rotatable bonds is 3. The monoisotopic (exact) mass is 266 g/mol. The van der Waals surface area contributed by atoms with Crippen LogP contribution in [0.1, 0.15) is 31.8 Å². The Balaban J connectivity index is 1.77. The third-order valence-corrected chi connectivity index (χ3v) is 3.46. The van der Waals surface area contributed by atoms with Crippen molar-refractivity contribution in [2.45, 2.75) is 13.1 Å². The van der Waals surface area contributed by atoms with Gasteiger partial charge in [-0.3, -0.25) is 4.79 Å². The van der Waals surface area contributed by atoms with Gasteiger partial charge in [-0.25, -0.2) is 0 Å². The van der Waals surface area contributed by atoms with Gasteiger partial charge in [-0.2, -0.15) is 0 Å². The number of benzene rings is 2. The van der Waals surface area contributed by atoms with Crippen molar-refractivity contribution >= 4 is 11.9 Å². The SMILES string of the molecule is O=C([O-])c1ccc(CN2Cc3ccccc3C2=O)cc1. The lowest BCUT2D eigenvalue weighted by molar-refractivity contribution is -0.255.